The smallest absolute Gasteiger partial charge is 0.147 e. The molecule has 1 heterocycles. The van der Waals surface area contributed by atoms with E-state index < -0.39 is 9.84 Å². The van der Waals surface area contributed by atoms with Gasteiger partial charge in [0.05, 0.1) is 12.9 Å². The Morgan fingerprint density at radius 3 is 2.72 bits per heavy atom. The van der Waals surface area contributed by atoms with E-state index in [-0.39, 0.29) is 5.75 Å². The van der Waals surface area contributed by atoms with E-state index >= 15 is 0 Å². The number of hydrogen-bond donors (Lipinski definition) is 0. The molecular formula is C13H17NO3S. The first-order valence-corrected chi connectivity index (χ1v) is 7.86. The third-order valence-electron chi connectivity index (χ3n) is 2.89. The van der Waals surface area contributed by atoms with Gasteiger partial charge in [-0.05, 0) is 30.7 Å². The van der Waals surface area contributed by atoms with Crippen molar-refractivity contribution in [3.63, 3.8) is 0 Å². The summed E-state index contributed by atoms with van der Waals surface area (Å²) in [5.41, 5.74) is 1.10. The maximum Gasteiger partial charge on any atom is 0.147 e. The van der Waals surface area contributed by atoms with Crippen LogP contribution in [0.3, 0.4) is 0 Å². The maximum atomic E-state index is 11.1. The fourth-order valence-corrected chi connectivity index (χ4v) is 2.65. The molecule has 0 saturated heterocycles. The largest absolute Gasteiger partial charge is 0.497 e. The molecule has 0 fully saturated rings. The summed E-state index contributed by atoms with van der Waals surface area (Å²) in [6, 6.07) is 7.89. The molecule has 0 aliphatic rings. The van der Waals surface area contributed by atoms with E-state index in [1.807, 2.05) is 30.5 Å². The summed E-state index contributed by atoms with van der Waals surface area (Å²) in [5, 5.41) is 1.11. The van der Waals surface area contributed by atoms with Crippen LogP contribution in [0.2, 0.25) is 0 Å². The van der Waals surface area contributed by atoms with Crippen molar-refractivity contribution in [3.8, 4) is 5.75 Å². The molecular weight excluding hydrogens is 250 g/mol. The minimum Gasteiger partial charge on any atom is -0.497 e. The van der Waals surface area contributed by atoms with Gasteiger partial charge in [0.15, 0.2) is 0 Å². The summed E-state index contributed by atoms with van der Waals surface area (Å²) in [5.74, 6) is 1.06. The third-order valence-corrected chi connectivity index (χ3v) is 3.92. The molecule has 0 aliphatic heterocycles. The summed E-state index contributed by atoms with van der Waals surface area (Å²) < 4.78 is 29.4. The van der Waals surface area contributed by atoms with E-state index in [4.69, 9.17) is 4.74 Å². The summed E-state index contributed by atoms with van der Waals surface area (Å²) in [6.07, 6.45) is 3.88. The van der Waals surface area contributed by atoms with Crippen LogP contribution in [0, 0.1) is 0 Å². The number of fused-ring (bicyclic) bond motifs is 1. The van der Waals surface area contributed by atoms with Gasteiger partial charge in [0.2, 0.25) is 0 Å². The first kappa shape index (κ1) is 13.0. The molecule has 2 aromatic rings. The van der Waals surface area contributed by atoms with Crippen molar-refractivity contribution in [2.75, 3.05) is 19.1 Å². The highest BCUT2D eigenvalue weighted by atomic mass is 32.2. The number of ether oxygens (including phenoxy) is 1. The van der Waals surface area contributed by atoms with Crippen LogP contribution in [0.5, 0.6) is 5.75 Å². The summed E-state index contributed by atoms with van der Waals surface area (Å²) >= 11 is 0. The van der Waals surface area contributed by atoms with Gasteiger partial charge < -0.3 is 9.30 Å². The zero-order valence-corrected chi connectivity index (χ0v) is 11.4. The molecule has 0 aliphatic carbocycles. The zero-order chi connectivity index (χ0) is 13.2. The second-order valence-electron chi connectivity index (χ2n) is 4.42. The Labute approximate surface area is 107 Å². The Hall–Kier alpha value is -1.49. The maximum absolute atomic E-state index is 11.1. The van der Waals surface area contributed by atoms with E-state index in [9.17, 15) is 8.42 Å². The van der Waals surface area contributed by atoms with Crippen molar-refractivity contribution in [1.82, 2.24) is 4.57 Å². The molecule has 0 N–H and O–H groups in total. The second-order valence-corrected chi connectivity index (χ2v) is 6.68. The molecule has 1 aromatic carbocycles. The van der Waals surface area contributed by atoms with Crippen molar-refractivity contribution >= 4 is 20.7 Å². The Kier molecular flexibility index (Phi) is 3.61. The van der Waals surface area contributed by atoms with E-state index in [0.717, 1.165) is 16.7 Å². The minimum absolute atomic E-state index is 0.225. The molecule has 0 bridgehead atoms. The highest BCUT2D eigenvalue weighted by molar-refractivity contribution is 7.90. The Balaban J connectivity index is 2.15. The lowest BCUT2D eigenvalue weighted by molar-refractivity contribution is 0.415. The first-order valence-electron chi connectivity index (χ1n) is 5.80. The topological polar surface area (TPSA) is 48.3 Å². The standard InChI is InChI=1S/C13H17NO3S/c1-17-12-4-5-13-11(10-12)6-8-14(13)7-3-9-18(2,15)16/h4-6,8,10H,3,7,9H2,1-2H3. The van der Waals surface area contributed by atoms with Crippen molar-refractivity contribution < 1.29 is 13.2 Å². The number of nitrogens with zero attached hydrogens (tertiary/aromatic N) is 1. The van der Waals surface area contributed by atoms with Crippen LogP contribution in [0.1, 0.15) is 6.42 Å². The molecule has 0 atom stereocenters. The zero-order valence-electron chi connectivity index (χ0n) is 10.6. The molecule has 0 amide bonds. The predicted octanol–water partition coefficient (Wildman–Crippen LogP) is 2.08. The highest BCUT2D eigenvalue weighted by Crippen LogP contribution is 2.21. The van der Waals surface area contributed by atoms with Gasteiger partial charge in [-0.1, -0.05) is 0 Å². The van der Waals surface area contributed by atoms with Crippen LogP contribution in [0.15, 0.2) is 30.5 Å². The average molecular weight is 267 g/mol. The van der Waals surface area contributed by atoms with Crippen LogP contribution in [0.25, 0.3) is 10.9 Å². The van der Waals surface area contributed by atoms with Crippen molar-refractivity contribution in [3.05, 3.63) is 30.5 Å². The number of methoxy groups -OCH3 is 1. The summed E-state index contributed by atoms with van der Waals surface area (Å²) in [6.45, 7) is 0.711. The number of aryl methyl sites for hydroxylation is 1. The van der Waals surface area contributed by atoms with Gasteiger partial charge in [0, 0.05) is 29.9 Å². The summed E-state index contributed by atoms with van der Waals surface area (Å²) in [4.78, 5) is 0. The lowest BCUT2D eigenvalue weighted by atomic mass is 10.2. The highest BCUT2D eigenvalue weighted by Gasteiger charge is 2.05. The number of rotatable bonds is 5. The summed E-state index contributed by atoms with van der Waals surface area (Å²) in [7, 11) is -1.23. The van der Waals surface area contributed by atoms with Crippen LogP contribution >= 0.6 is 0 Å². The molecule has 2 rings (SSSR count). The van der Waals surface area contributed by atoms with Gasteiger partial charge in [-0.2, -0.15) is 0 Å². The Morgan fingerprint density at radius 2 is 2.06 bits per heavy atom. The third kappa shape index (κ3) is 3.04. The van der Waals surface area contributed by atoms with Gasteiger partial charge >= 0.3 is 0 Å². The first-order chi connectivity index (χ1) is 8.49. The average Bonchev–Trinajstić information content (AvgIpc) is 2.70. The normalized spacial score (nSPS) is 11.9. The van der Waals surface area contributed by atoms with Crippen LogP contribution in [-0.4, -0.2) is 32.1 Å². The van der Waals surface area contributed by atoms with Gasteiger partial charge in [0.25, 0.3) is 0 Å². The monoisotopic (exact) mass is 267 g/mol. The van der Waals surface area contributed by atoms with Crippen molar-refractivity contribution in [2.45, 2.75) is 13.0 Å². The van der Waals surface area contributed by atoms with Gasteiger partial charge in [0.1, 0.15) is 15.6 Å². The quantitative estimate of drug-likeness (QED) is 0.833. The molecule has 1 aromatic heterocycles. The van der Waals surface area contributed by atoms with Crippen LogP contribution < -0.4 is 4.74 Å². The molecule has 0 radical (unpaired) electrons. The lowest BCUT2D eigenvalue weighted by Crippen LogP contribution is -2.06. The van der Waals surface area contributed by atoms with Gasteiger partial charge in [-0.15, -0.1) is 0 Å². The van der Waals surface area contributed by atoms with Crippen molar-refractivity contribution in [2.24, 2.45) is 0 Å². The fourth-order valence-electron chi connectivity index (χ4n) is 2.00. The molecule has 98 valence electrons. The van der Waals surface area contributed by atoms with Crippen LogP contribution in [0.4, 0.5) is 0 Å². The fraction of sp³-hybridized carbons (Fsp3) is 0.385. The number of benzene rings is 1. The molecule has 0 unspecified atom stereocenters. The molecule has 4 nitrogen and oxygen atoms in total. The molecule has 0 spiro atoms. The van der Waals surface area contributed by atoms with E-state index in [1.165, 1.54) is 6.26 Å². The van der Waals surface area contributed by atoms with Gasteiger partial charge in [-0.3, -0.25) is 0 Å². The number of hydrogen-bond acceptors (Lipinski definition) is 3. The SMILES string of the molecule is COc1ccc2c(ccn2CCCS(C)(=O)=O)c1. The molecule has 0 saturated carbocycles. The predicted molar refractivity (Wildman–Crippen MR) is 72.8 cm³/mol. The number of sulfone groups is 1. The second kappa shape index (κ2) is 5.02. The van der Waals surface area contributed by atoms with E-state index in [1.54, 1.807) is 7.11 Å². The minimum atomic E-state index is -2.87. The lowest BCUT2D eigenvalue weighted by Gasteiger charge is -2.05. The Morgan fingerprint density at radius 1 is 1.28 bits per heavy atom. The van der Waals surface area contributed by atoms with Crippen LogP contribution in [-0.2, 0) is 16.4 Å². The van der Waals surface area contributed by atoms with Gasteiger partial charge in [-0.25, -0.2) is 8.42 Å². The van der Waals surface area contributed by atoms with E-state index in [0.29, 0.717) is 13.0 Å². The van der Waals surface area contributed by atoms with E-state index in [2.05, 4.69) is 4.57 Å². The Bertz CT molecular complexity index is 643. The molecule has 5 heteroatoms. The number of aromatic nitrogens is 1. The van der Waals surface area contributed by atoms with Crippen molar-refractivity contribution in [1.29, 1.82) is 0 Å². The molecule has 18 heavy (non-hydrogen) atoms.